The summed E-state index contributed by atoms with van der Waals surface area (Å²) in [5.74, 6) is 6.24. The molecule has 0 aromatic carbocycles. The lowest BCUT2D eigenvalue weighted by Crippen LogP contribution is -2.18. The standard InChI is InChI=1S/C12H18N2O/c13-7-6-12-15-11-5-1-2-8-14-9-3-4-10-14/h3-6,8-12H2. The van der Waals surface area contributed by atoms with Crippen molar-refractivity contribution < 1.29 is 4.74 Å². The molecule has 3 nitrogen and oxygen atoms in total. The van der Waals surface area contributed by atoms with Crippen LogP contribution in [0.2, 0.25) is 0 Å². The van der Waals surface area contributed by atoms with E-state index in [0.29, 0.717) is 19.6 Å². The zero-order chi connectivity index (χ0) is 10.8. The third-order valence-corrected chi connectivity index (χ3v) is 2.36. The zero-order valence-electron chi connectivity index (χ0n) is 9.17. The molecule has 0 bridgehead atoms. The maximum Gasteiger partial charge on any atom is 0.0645 e. The van der Waals surface area contributed by atoms with E-state index in [2.05, 4.69) is 16.7 Å². The Kier molecular flexibility index (Phi) is 6.66. The van der Waals surface area contributed by atoms with Crippen LogP contribution in [0.25, 0.3) is 0 Å². The topological polar surface area (TPSA) is 36.3 Å². The van der Waals surface area contributed by atoms with Crippen molar-refractivity contribution in [1.82, 2.24) is 4.90 Å². The molecule has 0 aliphatic carbocycles. The minimum absolute atomic E-state index is 0.473. The summed E-state index contributed by atoms with van der Waals surface area (Å²) in [7, 11) is 0. The molecule has 0 radical (unpaired) electrons. The third kappa shape index (κ3) is 6.12. The molecule has 0 atom stereocenters. The first-order chi connectivity index (χ1) is 7.43. The smallest absolute Gasteiger partial charge is 0.0645 e. The molecule has 82 valence electrons. The molecule has 0 N–H and O–H groups in total. The van der Waals surface area contributed by atoms with Crippen LogP contribution in [0, 0.1) is 23.2 Å². The lowest BCUT2D eigenvalue weighted by Gasteiger charge is -2.08. The molecule has 1 fully saturated rings. The fourth-order valence-electron chi connectivity index (χ4n) is 1.54. The maximum absolute atomic E-state index is 8.26. The predicted octanol–water partition coefficient (Wildman–Crippen LogP) is 1.41. The molecular formula is C12H18N2O. The van der Waals surface area contributed by atoms with E-state index >= 15 is 0 Å². The Labute approximate surface area is 92.0 Å². The first-order valence-corrected chi connectivity index (χ1v) is 5.56. The highest BCUT2D eigenvalue weighted by Crippen LogP contribution is 2.05. The third-order valence-electron chi connectivity index (χ3n) is 2.36. The minimum atomic E-state index is 0.473. The summed E-state index contributed by atoms with van der Waals surface area (Å²) < 4.78 is 5.21. The summed E-state index contributed by atoms with van der Waals surface area (Å²) >= 11 is 0. The largest absolute Gasteiger partial charge is 0.379 e. The molecule has 1 rings (SSSR count). The number of hydrogen-bond donors (Lipinski definition) is 0. The van der Waals surface area contributed by atoms with Crippen LogP contribution < -0.4 is 0 Å². The highest BCUT2D eigenvalue weighted by atomic mass is 16.5. The molecule has 3 heteroatoms. The van der Waals surface area contributed by atoms with E-state index in [4.69, 9.17) is 10.00 Å². The van der Waals surface area contributed by atoms with Crippen LogP contribution >= 0.6 is 0 Å². The summed E-state index contributed by atoms with van der Waals surface area (Å²) in [4.78, 5) is 2.38. The summed E-state index contributed by atoms with van der Waals surface area (Å²) in [6.07, 6.45) is 3.89. The molecule has 1 aliphatic rings. The number of likely N-dealkylation sites (tertiary alicyclic amines) is 1. The average molecular weight is 206 g/mol. The molecule has 1 saturated heterocycles. The van der Waals surface area contributed by atoms with Gasteiger partial charge in [0, 0.05) is 6.42 Å². The van der Waals surface area contributed by atoms with E-state index in [1.807, 2.05) is 6.07 Å². The molecule has 0 spiro atoms. The van der Waals surface area contributed by atoms with E-state index in [-0.39, 0.29) is 0 Å². The van der Waals surface area contributed by atoms with E-state index < -0.39 is 0 Å². The fraction of sp³-hybridized carbons (Fsp3) is 0.750. The Morgan fingerprint density at radius 3 is 2.53 bits per heavy atom. The zero-order valence-corrected chi connectivity index (χ0v) is 9.17. The number of hydrogen-bond acceptors (Lipinski definition) is 3. The van der Waals surface area contributed by atoms with Crippen molar-refractivity contribution in [3.05, 3.63) is 0 Å². The van der Waals surface area contributed by atoms with Crippen molar-refractivity contribution in [2.45, 2.75) is 25.7 Å². The van der Waals surface area contributed by atoms with E-state index in [0.717, 1.165) is 13.0 Å². The van der Waals surface area contributed by atoms with Gasteiger partial charge in [-0.05, 0) is 25.9 Å². The molecule has 1 aliphatic heterocycles. The summed E-state index contributed by atoms with van der Waals surface area (Å²) in [5, 5.41) is 8.26. The highest BCUT2D eigenvalue weighted by molar-refractivity contribution is 5.01. The van der Waals surface area contributed by atoms with Gasteiger partial charge in [-0.2, -0.15) is 5.26 Å². The van der Waals surface area contributed by atoms with Crippen LogP contribution in [0.1, 0.15) is 25.7 Å². The monoisotopic (exact) mass is 206 g/mol. The molecular weight excluding hydrogens is 188 g/mol. The van der Waals surface area contributed by atoms with Crippen LogP contribution in [0.3, 0.4) is 0 Å². The van der Waals surface area contributed by atoms with Gasteiger partial charge in [0.05, 0.1) is 32.2 Å². The molecule has 0 saturated carbocycles. The summed E-state index contributed by atoms with van der Waals surface area (Å²) in [6.45, 7) is 4.48. The summed E-state index contributed by atoms with van der Waals surface area (Å²) in [6, 6.07) is 2.04. The van der Waals surface area contributed by atoms with Gasteiger partial charge in [-0.1, -0.05) is 11.8 Å². The van der Waals surface area contributed by atoms with E-state index in [1.54, 1.807) is 0 Å². The Bertz CT molecular complexity index is 253. The Morgan fingerprint density at radius 1 is 1.07 bits per heavy atom. The van der Waals surface area contributed by atoms with Gasteiger partial charge in [-0.25, -0.2) is 0 Å². The van der Waals surface area contributed by atoms with Crippen molar-refractivity contribution in [3.63, 3.8) is 0 Å². The first kappa shape index (κ1) is 12.0. The van der Waals surface area contributed by atoms with Gasteiger partial charge in [-0.3, -0.25) is 4.90 Å². The van der Waals surface area contributed by atoms with Gasteiger partial charge in [-0.15, -0.1) is 0 Å². The van der Waals surface area contributed by atoms with Crippen molar-refractivity contribution >= 4 is 0 Å². The SMILES string of the molecule is N#CCCOCCC#CCN1CCCC1. The highest BCUT2D eigenvalue weighted by Gasteiger charge is 2.08. The molecule has 15 heavy (non-hydrogen) atoms. The molecule has 0 unspecified atom stereocenters. The molecule has 0 amide bonds. The first-order valence-electron chi connectivity index (χ1n) is 5.56. The Balaban J connectivity index is 1.90. The number of nitriles is 1. The van der Waals surface area contributed by atoms with Crippen LogP contribution in [-0.2, 0) is 4.74 Å². The maximum atomic E-state index is 8.26. The van der Waals surface area contributed by atoms with Crippen LogP contribution in [0.5, 0.6) is 0 Å². The van der Waals surface area contributed by atoms with Crippen LogP contribution in [-0.4, -0.2) is 37.7 Å². The summed E-state index contributed by atoms with van der Waals surface area (Å²) in [5.41, 5.74) is 0. The predicted molar refractivity (Wildman–Crippen MR) is 59.1 cm³/mol. The van der Waals surface area contributed by atoms with E-state index in [1.165, 1.54) is 25.9 Å². The molecule has 1 heterocycles. The Morgan fingerprint density at radius 2 is 1.80 bits per heavy atom. The fourth-order valence-corrected chi connectivity index (χ4v) is 1.54. The minimum Gasteiger partial charge on any atom is -0.379 e. The number of rotatable bonds is 5. The number of ether oxygens (including phenoxy) is 1. The van der Waals surface area contributed by atoms with E-state index in [9.17, 15) is 0 Å². The van der Waals surface area contributed by atoms with Gasteiger partial charge in [0.15, 0.2) is 0 Å². The van der Waals surface area contributed by atoms with Crippen LogP contribution in [0.4, 0.5) is 0 Å². The van der Waals surface area contributed by atoms with Gasteiger partial charge in [0.2, 0.25) is 0 Å². The van der Waals surface area contributed by atoms with Gasteiger partial charge in [0.1, 0.15) is 0 Å². The second-order valence-electron chi connectivity index (χ2n) is 3.61. The quantitative estimate of drug-likeness (QED) is 0.504. The van der Waals surface area contributed by atoms with Crippen molar-refractivity contribution in [3.8, 4) is 17.9 Å². The normalized spacial score (nSPS) is 15.7. The molecule has 0 aromatic rings. The number of nitrogens with zero attached hydrogens (tertiary/aromatic N) is 2. The van der Waals surface area contributed by atoms with Gasteiger partial charge >= 0.3 is 0 Å². The van der Waals surface area contributed by atoms with Crippen LogP contribution in [0.15, 0.2) is 0 Å². The van der Waals surface area contributed by atoms with Crippen molar-refractivity contribution in [1.29, 1.82) is 5.26 Å². The second kappa shape index (κ2) is 8.29. The lowest BCUT2D eigenvalue weighted by molar-refractivity contribution is 0.145. The van der Waals surface area contributed by atoms with Crippen molar-refractivity contribution in [2.75, 3.05) is 32.8 Å². The molecule has 0 aromatic heterocycles. The lowest BCUT2D eigenvalue weighted by atomic mass is 10.4. The van der Waals surface area contributed by atoms with Gasteiger partial charge < -0.3 is 4.74 Å². The second-order valence-corrected chi connectivity index (χ2v) is 3.61. The van der Waals surface area contributed by atoms with Gasteiger partial charge in [0.25, 0.3) is 0 Å². The van der Waals surface area contributed by atoms with Crippen molar-refractivity contribution in [2.24, 2.45) is 0 Å². The Hall–Kier alpha value is -1.03. The average Bonchev–Trinajstić information content (AvgIpc) is 2.75.